The molecule has 2 unspecified atom stereocenters. The number of benzene rings is 1. The lowest BCUT2D eigenvalue weighted by Crippen LogP contribution is -2.09. The van der Waals surface area contributed by atoms with Crippen LogP contribution in [0.25, 0.3) is 0 Å². The molecule has 2 atom stereocenters. The highest BCUT2D eigenvalue weighted by molar-refractivity contribution is 6.42. The van der Waals surface area contributed by atoms with Crippen LogP contribution in [0.5, 0.6) is 0 Å². The Kier molecular flexibility index (Phi) is 3.78. The number of hydrogen-bond donors (Lipinski definition) is 0. The molecule has 1 nitrogen and oxygen atoms in total. The third-order valence-corrected chi connectivity index (χ3v) is 3.93. The summed E-state index contributed by atoms with van der Waals surface area (Å²) < 4.78 is 5.65. The lowest BCUT2D eigenvalue weighted by molar-refractivity contribution is 0.0952. The first kappa shape index (κ1) is 11.5. The molecule has 0 saturated carbocycles. The van der Waals surface area contributed by atoms with Crippen LogP contribution >= 0.6 is 34.8 Å². The predicted octanol–water partition coefficient (Wildman–Crippen LogP) is 4.31. The fourth-order valence-corrected chi connectivity index (χ4v) is 2.61. The standard InChI is InChI=1S/C11H11Cl3O/c12-6-7-4-5-15-11(7)8-2-1-3-9(13)10(8)14/h1-3,7,11H,4-6H2. The average molecular weight is 266 g/mol. The van der Waals surface area contributed by atoms with Gasteiger partial charge in [-0.15, -0.1) is 11.6 Å². The van der Waals surface area contributed by atoms with E-state index < -0.39 is 0 Å². The Bertz CT molecular complexity index is 354. The average Bonchev–Trinajstić information content (AvgIpc) is 2.70. The van der Waals surface area contributed by atoms with Crippen molar-refractivity contribution >= 4 is 34.8 Å². The molecule has 1 heterocycles. The quantitative estimate of drug-likeness (QED) is 0.724. The van der Waals surface area contributed by atoms with Gasteiger partial charge >= 0.3 is 0 Å². The van der Waals surface area contributed by atoms with Gasteiger partial charge in [0.05, 0.1) is 16.1 Å². The van der Waals surface area contributed by atoms with Crippen LogP contribution in [0.2, 0.25) is 10.0 Å². The molecular formula is C11H11Cl3O. The minimum atomic E-state index is -0.00583. The number of hydrogen-bond acceptors (Lipinski definition) is 1. The van der Waals surface area contributed by atoms with Crippen LogP contribution in [-0.4, -0.2) is 12.5 Å². The summed E-state index contributed by atoms with van der Waals surface area (Å²) in [5.41, 5.74) is 0.951. The van der Waals surface area contributed by atoms with Gasteiger partial charge < -0.3 is 4.74 Å². The van der Waals surface area contributed by atoms with E-state index in [1.807, 2.05) is 12.1 Å². The van der Waals surface area contributed by atoms with Gasteiger partial charge in [0.1, 0.15) is 0 Å². The summed E-state index contributed by atoms with van der Waals surface area (Å²) in [5, 5.41) is 1.15. The van der Waals surface area contributed by atoms with Crippen LogP contribution in [0.15, 0.2) is 18.2 Å². The van der Waals surface area contributed by atoms with Gasteiger partial charge in [-0.2, -0.15) is 0 Å². The molecule has 0 aromatic heterocycles. The van der Waals surface area contributed by atoms with Crippen molar-refractivity contribution in [1.82, 2.24) is 0 Å². The summed E-state index contributed by atoms with van der Waals surface area (Å²) in [5.74, 6) is 0.927. The van der Waals surface area contributed by atoms with Gasteiger partial charge in [-0.3, -0.25) is 0 Å². The van der Waals surface area contributed by atoms with E-state index in [0.717, 1.165) is 18.6 Å². The van der Waals surface area contributed by atoms with Crippen molar-refractivity contribution < 1.29 is 4.74 Å². The molecule has 1 aliphatic heterocycles. The Morgan fingerprint density at radius 2 is 2.13 bits per heavy atom. The molecule has 0 aliphatic carbocycles. The highest BCUT2D eigenvalue weighted by Crippen LogP contribution is 2.40. The Morgan fingerprint density at radius 1 is 1.33 bits per heavy atom. The second-order valence-electron chi connectivity index (χ2n) is 3.64. The molecule has 0 spiro atoms. The van der Waals surface area contributed by atoms with Gasteiger partial charge in [-0.25, -0.2) is 0 Å². The maximum Gasteiger partial charge on any atom is 0.0880 e. The highest BCUT2D eigenvalue weighted by atomic mass is 35.5. The van der Waals surface area contributed by atoms with Gasteiger partial charge in [0.2, 0.25) is 0 Å². The van der Waals surface area contributed by atoms with E-state index in [4.69, 9.17) is 39.5 Å². The van der Waals surface area contributed by atoms with Crippen molar-refractivity contribution in [2.45, 2.75) is 12.5 Å². The van der Waals surface area contributed by atoms with Crippen LogP contribution in [0.1, 0.15) is 18.1 Å². The summed E-state index contributed by atoms with van der Waals surface area (Å²) >= 11 is 18.0. The molecule has 2 rings (SSSR count). The Hall–Kier alpha value is 0.0500. The molecule has 82 valence electrons. The van der Waals surface area contributed by atoms with E-state index in [1.165, 1.54) is 0 Å². The number of halogens is 3. The van der Waals surface area contributed by atoms with Crippen LogP contribution in [0.4, 0.5) is 0 Å². The number of rotatable bonds is 2. The smallest absolute Gasteiger partial charge is 0.0880 e. The van der Waals surface area contributed by atoms with Crippen molar-refractivity contribution in [2.75, 3.05) is 12.5 Å². The van der Waals surface area contributed by atoms with Crippen molar-refractivity contribution in [3.05, 3.63) is 33.8 Å². The third-order valence-electron chi connectivity index (χ3n) is 2.70. The Morgan fingerprint density at radius 3 is 2.87 bits per heavy atom. The molecule has 1 aromatic carbocycles. The maximum absolute atomic E-state index is 6.14. The van der Waals surface area contributed by atoms with Crippen molar-refractivity contribution in [2.24, 2.45) is 5.92 Å². The lowest BCUT2D eigenvalue weighted by atomic mass is 9.97. The summed E-state index contributed by atoms with van der Waals surface area (Å²) in [7, 11) is 0. The van der Waals surface area contributed by atoms with Crippen LogP contribution < -0.4 is 0 Å². The normalized spacial score (nSPS) is 25.8. The Balaban J connectivity index is 2.32. The first-order valence-corrected chi connectivity index (χ1v) is 6.14. The molecular weight excluding hydrogens is 254 g/mol. The highest BCUT2D eigenvalue weighted by Gasteiger charge is 2.30. The zero-order valence-corrected chi connectivity index (χ0v) is 10.3. The van der Waals surface area contributed by atoms with Crippen LogP contribution in [0, 0.1) is 5.92 Å². The minimum Gasteiger partial charge on any atom is -0.373 e. The fraction of sp³-hybridized carbons (Fsp3) is 0.455. The van der Waals surface area contributed by atoms with Crippen molar-refractivity contribution in [1.29, 1.82) is 0 Å². The molecule has 15 heavy (non-hydrogen) atoms. The monoisotopic (exact) mass is 264 g/mol. The van der Waals surface area contributed by atoms with Gasteiger partial charge in [-0.1, -0.05) is 35.3 Å². The van der Waals surface area contributed by atoms with Gasteiger partial charge in [0.25, 0.3) is 0 Å². The van der Waals surface area contributed by atoms with Crippen LogP contribution in [0.3, 0.4) is 0 Å². The van der Waals surface area contributed by atoms with E-state index >= 15 is 0 Å². The Labute approximate surface area is 104 Å². The summed E-state index contributed by atoms with van der Waals surface area (Å²) in [6.45, 7) is 0.741. The van der Waals surface area contributed by atoms with Crippen LogP contribution in [-0.2, 0) is 4.74 Å². The van der Waals surface area contributed by atoms with E-state index in [-0.39, 0.29) is 6.10 Å². The third kappa shape index (κ3) is 2.26. The number of ether oxygens (including phenoxy) is 1. The zero-order chi connectivity index (χ0) is 10.8. The van der Waals surface area contributed by atoms with E-state index in [9.17, 15) is 0 Å². The molecule has 0 bridgehead atoms. The topological polar surface area (TPSA) is 9.23 Å². The SMILES string of the molecule is ClCC1CCOC1c1cccc(Cl)c1Cl. The molecule has 4 heteroatoms. The minimum absolute atomic E-state index is 0.00583. The fourth-order valence-electron chi connectivity index (χ4n) is 1.88. The molecule has 1 aliphatic rings. The molecule has 0 N–H and O–H groups in total. The molecule has 1 aromatic rings. The summed E-state index contributed by atoms with van der Waals surface area (Å²) in [6.07, 6.45) is 0.977. The zero-order valence-electron chi connectivity index (χ0n) is 8.05. The molecule has 0 amide bonds. The maximum atomic E-state index is 6.14. The first-order valence-electron chi connectivity index (χ1n) is 4.85. The van der Waals surface area contributed by atoms with E-state index in [2.05, 4.69) is 0 Å². The van der Waals surface area contributed by atoms with Gasteiger partial charge in [0.15, 0.2) is 0 Å². The second kappa shape index (κ2) is 4.92. The predicted molar refractivity (Wildman–Crippen MR) is 64.0 cm³/mol. The number of alkyl halides is 1. The second-order valence-corrected chi connectivity index (χ2v) is 4.73. The first-order chi connectivity index (χ1) is 7.24. The van der Waals surface area contributed by atoms with Gasteiger partial charge in [0, 0.05) is 24.0 Å². The molecule has 1 saturated heterocycles. The summed E-state index contributed by atoms with van der Waals surface area (Å²) in [6, 6.07) is 5.61. The summed E-state index contributed by atoms with van der Waals surface area (Å²) in [4.78, 5) is 0. The van der Waals surface area contributed by atoms with Crippen molar-refractivity contribution in [3.8, 4) is 0 Å². The largest absolute Gasteiger partial charge is 0.373 e. The lowest BCUT2D eigenvalue weighted by Gasteiger charge is -2.18. The molecule has 1 fully saturated rings. The van der Waals surface area contributed by atoms with E-state index in [0.29, 0.717) is 21.8 Å². The van der Waals surface area contributed by atoms with Crippen molar-refractivity contribution in [3.63, 3.8) is 0 Å². The van der Waals surface area contributed by atoms with Gasteiger partial charge in [-0.05, 0) is 12.5 Å². The molecule has 0 radical (unpaired) electrons. The van der Waals surface area contributed by atoms with E-state index in [1.54, 1.807) is 6.07 Å².